The van der Waals surface area contributed by atoms with E-state index in [1.807, 2.05) is 23.5 Å². The van der Waals surface area contributed by atoms with Gasteiger partial charge in [0, 0.05) is 61.6 Å². The average molecular weight is 423 g/mol. The number of fused-ring (bicyclic) bond motifs is 1. The van der Waals surface area contributed by atoms with E-state index in [0.717, 1.165) is 50.4 Å². The number of piperazine rings is 1. The molecule has 0 atom stereocenters. The second-order valence-corrected chi connectivity index (χ2v) is 8.99. The summed E-state index contributed by atoms with van der Waals surface area (Å²) < 4.78 is 1.57. The number of pyridine rings is 1. The summed E-state index contributed by atoms with van der Waals surface area (Å²) in [5, 5.41) is 5.74. The number of thiazole rings is 1. The van der Waals surface area contributed by atoms with Crippen LogP contribution in [0.15, 0.2) is 41.5 Å². The van der Waals surface area contributed by atoms with Crippen molar-refractivity contribution in [2.24, 2.45) is 0 Å². The zero-order valence-corrected chi connectivity index (χ0v) is 17.9. The fourth-order valence-corrected chi connectivity index (χ4v) is 5.35. The maximum atomic E-state index is 12.3. The lowest BCUT2D eigenvalue weighted by atomic mass is 10.0. The summed E-state index contributed by atoms with van der Waals surface area (Å²) in [5.74, 6) is 0. The Balaban J connectivity index is 1.18. The first-order chi connectivity index (χ1) is 14.8. The largest absolute Gasteiger partial charge is 0.346 e. The van der Waals surface area contributed by atoms with Crippen LogP contribution in [-0.2, 0) is 19.4 Å². The summed E-state index contributed by atoms with van der Waals surface area (Å²) in [4.78, 5) is 27.6. The molecule has 1 aliphatic carbocycles. The average Bonchev–Trinajstić information content (AvgIpc) is 3.24. The molecule has 1 aliphatic heterocycles. The van der Waals surface area contributed by atoms with Crippen LogP contribution in [0.3, 0.4) is 0 Å². The predicted octanol–water partition coefficient (Wildman–Crippen LogP) is 2.46. The van der Waals surface area contributed by atoms with E-state index in [9.17, 15) is 4.79 Å². The monoisotopic (exact) mass is 422 g/mol. The Hall–Kier alpha value is -2.58. The van der Waals surface area contributed by atoms with Gasteiger partial charge in [0.05, 0.1) is 17.9 Å². The standard InChI is InChI=1S/C22H26N6OS/c29-21-8-7-18(17-4-3-9-23-16-17)25-28(21)15-12-26-10-13-27(14-11-26)22-24-19-5-1-2-6-20(19)30-22/h3-4,7-9,16H,1-2,5-6,10-15H2. The number of nitrogens with zero attached hydrogens (tertiary/aromatic N) is 6. The molecule has 0 N–H and O–H groups in total. The third-order valence-corrected chi connectivity index (χ3v) is 7.15. The van der Waals surface area contributed by atoms with Gasteiger partial charge in [0.2, 0.25) is 0 Å². The van der Waals surface area contributed by atoms with Crippen molar-refractivity contribution >= 4 is 16.5 Å². The summed E-state index contributed by atoms with van der Waals surface area (Å²) in [5.41, 5.74) is 2.98. The molecule has 0 amide bonds. The van der Waals surface area contributed by atoms with Gasteiger partial charge in [-0.2, -0.15) is 5.10 Å². The molecule has 1 saturated heterocycles. The highest BCUT2D eigenvalue weighted by Gasteiger charge is 2.22. The predicted molar refractivity (Wildman–Crippen MR) is 119 cm³/mol. The summed E-state index contributed by atoms with van der Waals surface area (Å²) >= 11 is 1.89. The second kappa shape index (κ2) is 8.65. The summed E-state index contributed by atoms with van der Waals surface area (Å²) in [6.07, 6.45) is 8.43. The zero-order chi connectivity index (χ0) is 20.3. The van der Waals surface area contributed by atoms with Gasteiger partial charge in [0.15, 0.2) is 5.13 Å². The van der Waals surface area contributed by atoms with Gasteiger partial charge in [0.1, 0.15) is 0 Å². The minimum absolute atomic E-state index is 0.0605. The van der Waals surface area contributed by atoms with Crippen molar-refractivity contribution in [2.45, 2.75) is 32.2 Å². The van der Waals surface area contributed by atoms with Gasteiger partial charge in [-0.15, -0.1) is 11.3 Å². The quantitative estimate of drug-likeness (QED) is 0.629. The Morgan fingerprint density at radius 1 is 1.00 bits per heavy atom. The van der Waals surface area contributed by atoms with Crippen LogP contribution in [0.4, 0.5) is 5.13 Å². The molecule has 4 heterocycles. The lowest BCUT2D eigenvalue weighted by molar-refractivity contribution is 0.243. The smallest absolute Gasteiger partial charge is 0.266 e. The molecule has 0 spiro atoms. The third kappa shape index (κ3) is 4.15. The highest BCUT2D eigenvalue weighted by Crippen LogP contribution is 2.32. The minimum atomic E-state index is -0.0605. The lowest BCUT2D eigenvalue weighted by Crippen LogP contribution is -2.47. The van der Waals surface area contributed by atoms with Crippen LogP contribution in [0.2, 0.25) is 0 Å². The van der Waals surface area contributed by atoms with E-state index in [2.05, 4.69) is 19.9 Å². The fourth-order valence-electron chi connectivity index (χ4n) is 4.15. The molecule has 1 fully saturated rings. The SMILES string of the molecule is O=c1ccc(-c2cccnc2)nn1CCN1CCN(c2nc3c(s2)CCCC3)CC1. The number of rotatable bonds is 5. The Morgan fingerprint density at radius 2 is 1.87 bits per heavy atom. The van der Waals surface area contributed by atoms with E-state index >= 15 is 0 Å². The van der Waals surface area contributed by atoms with Crippen molar-refractivity contribution in [3.63, 3.8) is 0 Å². The first kappa shape index (κ1) is 19.4. The number of aromatic nitrogens is 4. The number of hydrogen-bond acceptors (Lipinski definition) is 7. The van der Waals surface area contributed by atoms with E-state index in [-0.39, 0.29) is 5.56 Å². The first-order valence-corrected chi connectivity index (χ1v) is 11.5. The fraction of sp³-hybridized carbons (Fsp3) is 0.455. The Bertz CT molecular complexity index is 1030. The van der Waals surface area contributed by atoms with Gasteiger partial charge in [-0.3, -0.25) is 14.7 Å². The van der Waals surface area contributed by atoms with E-state index in [1.54, 1.807) is 29.2 Å². The molecular weight excluding hydrogens is 396 g/mol. The number of hydrogen-bond donors (Lipinski definition) is 0. The van der Waals surface area contributed by atoms with Crippen molar-refractivity contribution < 1.29 is 0 Å². The molecule has 3 aromatic heterocycles. The van der Waals surface area contributed by atoms with Crippen LogP contribution in [-0.4, -0.2) is 57.4 Å². The maximum Gasteiger partial charge on any atom is 0.266 e. The normalized spacial score (nSPS) is 17.1. The number of aryl methyl sites for hydroxylation is 2. The number of anilines is 1. The Labute approximate surface area is 180 Å². The van der Waals surface area contributed by atoms with Gasteiger partial charge in [-0.25, -0.2) is 9.67 Å². The van der Waals surface area contributed by atoms with Crippen LogP contribution in [0.25, 0.3) is 11.3 Å². The van der Waals surface area contributed by atoms with Crippen LogP contribution < -0.4 is 10.5 Å². The van der Waals surface area contributed by atoms with E-state index in [1.165, 1.54) is 35.0 Å². The van der Waals surface area contributed by atoms with Gasteiger partial charge in [-0.1, -0.05) is 0 Å². The molecule has 0 unspecified atom stereocenters. The lowest BCUT2D eigenvalue weighted by Gasteiger charge is -2.34. The summed E-state index contributed by atoms with van der Waals surface area (Å²) in [7, 11) is 0. The molecule has 0 aromatic carbocycles. The Morgan fingerprint density at radius 3 is 2.67 bits per heavy atom. The van der Waals surface area contributed by atoms with Crippen LogP contribution in [0.1, 0.15) is 23.4 Å². The third-order valence-electron chi connectivity index (χ3n) is 5.93. The van der Waals surface area contributed by atoms with E-state index < -0.39 is 0 Å². The molecule has 156 valence electrons. The molecule has 7 nitrogen and oxygen atoms in total. The molecule has 8 heteroatoms. The highest BCUT2D eigenvalue weighted by molar-refractivity contribution is 7.15. The second-order valence-electron chi connectivity index (χ2n) is 7.92. The molecule has 3 aromatic rings. The van der Waals surface area contributed by atoms with Crippen LogP contribution in [0.5, 0.6) is 0 Å². The molecule has 2 aliphatic rings. The van der Waals surface area contributed by atoms with E-state index in [0.29, 0.717) is 6.54 Å². The molecule has 5 rings (SSSR count). The topological polar surface area (TPSA) is 67.2 Å². The van der Waals surface area contributed by atoms with Gasteiger partial charge >= 0.3 is 0 Å². The van der Waals surface area contributed by atoms with Gasteiger partial charge in [-0.05, 0) is 43.9 Å². The van der Waals surface area contributed by atoms with Crippen LogP contribution >= 0.6 is 11.3 Å². The minimum Gasteiger partial charge on any atom is -0.346 e. The zero-order valence-electron chi connectivity index (χ0n) is 17.0. The van der Waals surface area contributed by atoms with Crippen molar-refractivity contribution in [1.82, 2.24) is 24.6 Å². The van der Waals surface area contributed by atoms with Crippen molar-refractivity contribution in [3.8, 4) is 11.3 Å². The van der Waals surface area contributed by atoms with Crippen molar-refractivity contribution in [1.29, 1.82) is 0 Å². The molecule has 30 heavy (non-hydrogen) atoms. The maximum absolute atomic E-state index is 12.3. The molecule has 0 saturated carbocycles. The van der Waals surface area contributed by atoms with E-state index in [4.69, 9.17) is 4.98 Å². The van der Waals surface area contributed by atoms with Gasteiger partial charge in [0.25, 0.3) is 5.56 Å². The molecular formula is C22H26N6OS. The van der Waals surface area contributed by atoms with Gasteiger partial charge < -0.3 is 4.90 Å². The highest BCUT2D eigenvalue weighted by atomic mass is 32.1. The van der Waals surface area contributed by atoms with Crippen LogP contribution in [0, 0.1) is 0 Å². The summed E-state index contributed by atoms with van der Waals surface area (Å²) in [6, 6.07) is 7.20. The summed E-state index contributed by atoms with van der Waals surface area (Å²) in [6.45, 7) is 5.38. The molecule has 0 radical (unpaired) electrons. The first-order valence-electron chi connectivity index (χ1n) is 10.7. The van der Waals surface area contributed by atoms with Crippen molar-refractivity contribution in [3.05, 3.63) is 57.6 Å². The van der Waals surface area contributed by atoms with Crippen molar-refractivity contribution in [2.75, 3.05) is 37.6 Å². The molecule has 0 bridgehead atoms. The Kier molecular flexibility index (Phi) is 5.59.